The van der Waals surface area contributed by atoms with Gasteiger partial charge in [-0.1, -0.05) is 42.8 Å². The average Bonchev–Trinajstić information content (AvgIpc) is 2.82. The van der Waals surface area contributed by atoms with Gasteiger partial charge >= 0.3 is 0 Å². The first-order valence-electron chi connectivity index (χ1n) is 11.5. The number of amides is 1. The van der Waals surface area contributed by atoms with Gasteiger partial charge in [-0.15, -0.1) is 0 Å². The molecule has 0 aliphatic rings. The highest BCUT2D eigenvalue weighted by molar-refractivity contribution is 7.89. The number of carbonyl (C=O) groups excluding carboxylic acids is 1. The van der Waals surface area contributed by atoms with Gasteiger partial charge in [0.05, 0.1) is 17.2 Å². The molecule has 0 spiro atoms. The van der Waals surface area contributed by atoms with Gasteiger partial charge in [-0.05, 0) is 59.9 Å². The maximum atomic E-state index is 13.8. The van der Waals surface area contributed by atoms with Crippen LogP contribution in [0.15, 0.2) is 65.6 Å². The number of aliphatic hydroxyl groups excluding tert-OH is 1. The fraction of sp³-hybridized carbons (Fsp3) is 0.269. The van der Waals surface area contributed by atoms with Crippen LogP contribution in [0.4, 0.5) is 8.78 Å². The van der Waals surface area contributed by atoms with Gasteiger partial charge in [0.15, 0.2) is 0 Å². The van der Waals surface area contributed by atoms with Crippen LogP contribution in [0.1, 0.15) is 34.0 Å². The van der Waals surface area contributed by atoms with E-state index in [1.807, 2.05) is 31.2 Å². The molecular formula is C26H28ClF2N3O4S. The number of hydrogen-bond donors (Lipinski definition) is 4. The number of aryl methyl sites for hydroxylation is 1. The third-order valence-electron chi connectivity index (χ3n) is 5.74. The first kappa shape index (κ1) is 28.7. The van der Waals surface area contributed by atoms with Gasteiger partial charge in [-0.3, -0.25) is 4.79 Å². The van der Waals surface area contributed by atoms with Gasteiger partial charge in [0.25, 0.3) is 5.91 Å². The number of halogens is 3. The van der Waals surface area contributed by atoms with Crippen LogP contribution in [0.25, 0.3) is 0 Å². The van der Waals surface area contributed by atoms with Crippen molar-refractivity contribution < 1.29 is 27.1 Å². The van der Waals surface area contributed by atoms with E-state index in [1.54, 1.807) is 0 Å². The van der Waals surface area contributed by atoms with E-state index in [0.29, 0.717) is 6.54 Å². The molecule has 2 atom stereocenters. The second-order valence-corrected chi connectivity index (χ2v) is 10.6. The zero-order chi connectivity index (χ0) is 27.2. The molecule has 2 unspecified atom stereocenters. The molecule has 198 valence electrons. The van der Waals surface area contributed by atoms with E-state index in [2.05, 4.69) is 10.6 Å². The molecule has 0 saturated heterocycles. The van der Waals surface area contributed by atoms with Crippen molar-refractivity contribution in [1.29, 1.82) is 0 Å². The van der Waals surface area contributed by atoms with E-state index in [-0.39, 0.29) is 29.1 Å². The normalized spacial score (nSPS) is 13.2. The summed E-state index contributed by atoms with van der Waals surface area (Å²) in [6.07, 6.45) is -0.369. The van der Waals surface area contributed by atoms with Crippen molar-refractivity contribution in [1.82, 2.24) is 10.6 Å². The average molecular weight is 552 g/mol. The molecule has 0 saturated carbocycles. The Morgan fingerprint density at radius 3 is 2.35 bits per heavy atom. The number of primary sulfonamides is 1. The predicted octanol–water partition coefficient (Wildman–Crippen LogP) is 3.32. The summed E-state index contributed by atoms with van der Waals surface area (Å²) in [5.41, 5.74) is 2.33. The van der Waals surface area contributed by atoms with Crippen molar-refractivity contribution in [3.8, 4) is 0 Å². The molecule has 3 aromatic carbocycles. The smallest absolute Gasteiger partial charge is 0.251 e. The summed E-state index contributed by atoms with van der Waals surface area (Å²) in [4.78, 5) is 12.5. The Balaban J connectivity index is 1.78. The fourth-order valence-electron chi connectivity index (χ4n) is 3.85. The molecule has 0 aromatic heterocycles. The molecule has 1 amide bonds. The number of carbonyl (C=O) groups is 1. The number of rotatable bonds is 11. The van der Waals surface area contributed by atoms with Crippen LogP contribution in [0.3, 0.4) is 0 Å². The summed E-state index contributed by atoms with van der Waals surface area (Å²) in [7, 11) is -4.19. The van der Waals surface area contributed by atoms with Crippen LogP contribution in [0.2, 0.25) is 5.02 Å². The maximum Gasteiger partial charge on any atom is 0.251 e. The molecule has 37 heavy (non-hydrogen) atoms. The lowest BCUT2D eigenvalue weighted by molar-refractivity contribution is 0.0829. The minimum Gasteiger partial charge on any atom is -0.390 e. The standard InChI is InChI=1S/C26H28ClF2N3O4S/c1-2-16-4-3-5-17(8-16)14-31-15-24(33)23(11-18-9-20(28)13-21(29)10-18)32-26(34)19-6-7-22(27)25(12-19)37(30,35)36/h3-10,12-13,23-24,31,33H,2,11,14-15H2,1H3,(H,32,34)(H2,30,35,36). The SMILES string of the molecule is CCc1cccc(CNCC(O)C(Cc2cc(F)cc(F)c2)NC(=O)c2ccc(Cl)c(S(N)(=O)=O)c2)c1. The quantitative estimate of drug-likeness (QED) is 0.291. The van der Waals surface area contributed by atoms with Crippen LogP contribution in [0, 0.1) is 11.6 Å². The molecule has 0 aliphatic heterocycles. The minimum absolute atomic E-state index is 0.0577. The van der Waals surface area contributed by atoms with Gasteiger partial charge in [-0.25, -0.2) is 22.3 Å². The van der Waals surface area contributed by atoms with Crippen molar-refractivity contribution in [2.24, 2.45) is 5.14 Å². The fourth-order valence-corrected chi connectivity index (χ4v) is 4.92. The van der Waals surface area contributed by atoms with Gasteiger partial charge in [0.1, 0.15) is 16.5 Å². The Bertz CT molecular complexity index is 1350. The van der Waals surface area contributed by atoms with Gasteiger partial charge < -0.3 is 15.7 Å². The molecule has 7 nitrogen and oxygen atoms in total. The Morgan fingerprint density at radius 2 is 1.70 bits per heavy atom. The molecular weight excluding hydrogens is 524 g/mol. The van der Waals surface area contributed by atoms with Crippen LogP contribution >= 0.6 is 11.6 Å². The lowest BCUT2D eigenvalue weighted by atomic mass is 10.00. The van der Waals surface area contributed by atoms with Crippen LogP contribution < -0.4 is 15.8 Å². The second kappa shape index (κ2) is 12.6. The monoisotopic (exact) mass is 551 g/mol. The molecule has 0 bridgehead atoms. The van der Waals surface area contributed by atoms with Gasteiger partial charge in [0.2, 0.25) is 10.0 Å². The van der Waals surface area contributed by atoms with Crippen LogP contribution in [0.5, 0.6) is 0 Å². The van der Waals surface area contributed by atoms with Crippen LogP contribution in [-0.4, -0.2) is 38.1 Å². The Labute approximate surface area is 219 Å². The highest BCUT2D eigenvalue weighted by atomic mass is 35.5. The number of benzene rings is 3. The van der Waals surface area contributed by atoms with Crippen molar-refractivity contribution >= 4 is 27.5 Å². The Kier molecular flexibility index (Phi) is 9.74. The van der Waals surface area contributed by atoms with Crippen LogP contribution in [-0.2, 0) is 29.4 Å². The third-order valence-corrected chi connectivity index (χ3v) is 7.13. The summed E-state index contributed by atoms with van der Waals surface area (Å²) in [5, 5.41) is 21.7. The number of hydrogen-bond acceptors (Lipinski definition) is 5. The largest absolute Gasteiger partial charge is 0.390 e. The Hall–Kier alpha value is -2.89. The van der Waals surface area contributed by atoms with E-state index in [0.717, 1.165) is 36.2 Å². The second-order valence-electron chi connectivity index (χ2n) is 8.62. The molecule has 11 heteroatoms. The molecule has 0 heterocycles. The summed E-state index contributed by atoms with van der Waals surface area (Å²) in [6, 6.07) is 13.5. The number of aliphatic hydroxyl groups is 1. The molecule has 0 aliphatic carbocycles. The van der Waals surface area contributed by atoms with E-state index >= 15 is 0 Å². The van der Waals surface area contributed by atoms with Crippen molar-refractivity contribution in [2.45, 2.75) is 43.4 Å². The number of sulfonamides is 1. The minimum atomic E-state index is -4.19. The number of nitrogens with one attached hydrogen (secondary N) is 2. The lowest BCUT2D eigenvalue weighted by Gasteiger charge is -2.25. The maximum absolute atomic E-state index is 13.8. The summed E-state index contributed by atoms with van der Waals surface area (Å²) in [6.45, 7) is 2.56. The molecule has 3 aromatic rings. The van der Waals surface area contributed by atoms with Crippen molar-refractivity contribution in [2.75, 3.05) is 6.54 Å². The summed E-state index contributed by atoms with van der Waals surface area (Å²) >= 11 is 5.90. The zero-order valence-electron chi connectivity index (χ0n) is 20.0. The first-order chi connectivity index (χ1) is 17.5. The van der Waals surface area contributed by atoms with Crippen molar-refractivity contribution in [3.63, 3.8) is 0 Å². The summed E-state index contributed by atoms with van der Waals surface area (Å²) in [5.74, 6) is -2.31. The summed E-state index contributed by atoms with van der Waals surface area (Å²) < 4.78 is 51.1. The predicted molar refractivity (Wildman–Crippen MR) is 138 cm³/mol. The van der Waals surface area contributed by atoms with E-state index < -0.39 is 44.6 Å². The third kappa shape index (κ3) is 8.31. The Morgan fingerprint density at radius 1 is 1.03 bits per heavy atom. The first-order valence-corrected chi connectivity index (χ1v) is 13.4. The van der Waals surface area contributed by atoms with Gasteiger partial charge in [-0.2, -0.15) is 0 Å². The van der Waals surface area contributed by atoms with Gasteiger partial charge in [0, 0.05) is 24.7 Å². The van der Waals surface area contributed by atoms with E-state index in [1.165, 1.54) is 17.7 Å². The zero-order valence-corrected chi connectivity index (χ0v) is 21.6. The van der Waals surface area contributed by atoms with Crippen molar-refractivity contribution in [3.05, 3.63) is 99.6 Å². The van der Waals surface area contributed by atoms with E-state index in [4.69, 9.17) is 16.7 Å². The van der Waals surface area contributed by atoms with E-state index in [9.17, 15) is 27.1 Å². The number of nitrogens with two attached hydrogens (primary N) is 1. The lowest BCUT2D eigenvalue weighted by Crippen LogP contribution is -2.48. The topological polar surface area (TPSA) is 122 Å². The molecule has 0 fully saturated rings. The highest BCUT2D eigenvalue weighted by Gasteiger charge is 2.24. The highest BCUT2D eigenvalue weighted by Crippen LogP contribution is 2.22. The molecule has 0 radical (unpaired) electrons. The molecule has 5 N–H and O–H groups in total. The molecule has 3 rings (SSSR count).